The van der Waals surface area contributed by atoms with Crippen LogP contribution in [0.3, 0.4) is 0 Å². The van der Waals surface area contributed by atoms with E-state index in [4.69, 9.17) is 4.74 Å². The molecule has 0 fully saturated rings. The van der Waals surface area contributed by atoms with Gasteiger partial charge in [-0.25, -0.2) is 0 Å². The first kappa shape index (κ1) is 17.8. The van der Waals surface area contributed by atoms with E-state index in [1.54, 1.807) is 17.8 Å². The Morgan fingerprint density at radius 2 is 2.12 bits per heavy atom. The van der Waals surface area contributed by atoms with Crippen LogP contribution >= 0.6 is 11.8 Å². The van der Waals surface area contributed by atoms with Crippen LogP contribution in [0.1, 0.15) is 42.2 Å². The Labute approximate surface area is 152 Å². The fourth-order valence-corrected chi connectivity index (χ4v) is 4.48. The molecule has 2 heterocycles. The Bertz CT molecular complexity index is 783. The Balaban J connectivity index is 1.95. The van der Waals surface area contributed by atoms with Crippen molar-refractivity contribution in [3.05, 3.63) is 53.9 Å². The monoisotopic (exact) mass is 357 g/mol. The molecule has 0 bridgehead atoms. The van der Waals surface area contributed by atoms with E-state index in [1.807, 2.05) is 41.1 Å². The zero-order chi connectivity index (χ0) is 17.9. The van der Waals surface area contributed by atoms with Gasteiger partial charge in [0.2, 0.25) is 0 Å². The van der Waals surface area contributed by atoms with Crippen molar-refractivity contribution >= 4 is 23.5 Å². The highest BCUT2D eigenvalue weighted by atomic mass is 32.2. The number of hydrogen-bond donors (Lipinski definition) is 0. The minimum Gasteiger partial charge on any atom is -0.468 e. The molecule has 1 aromatic carbocycles. The van der Waals surface area contributed by atoms with Gasteiger partial charge in [-0.1, -0.05) is 25.5 Å². The van der Waals surface area contributed by atoms with Crippen LogP contribution < -0.4 is 0 Å². The van der Waals surface area contributed by atoms with Crippen molar-refractivity contribution in [3.63, 3.8) is 0 Å². The molecule has 0 aliphatic carbocycles. The summed E-state index contributed by atoms with van der Waals surface area (Å²) < 4.78 is 7.00. The lowest BCUT2D eigenvalue weighted by atomic mass is 9.76. The lowest BCUT2D eigenvalue weighted by Gasteiger charge is -2.24. The molecule has 5 heteroatoms. The summed E-state index contributed by atoms with van der Waals surface area (Å²) in [5.74, 6) is 0.382. The maximum Gasteiger partial charge on any atom is 0.325 e. The van der Waals surface area contributed by atoms with Gasteiger partial charge in [0.05, 0.1) is 7.11 Å². The fourth-order valence-electron chi connectivity index (χ4n) is 3.42. The number of fused-ring (bicyclic) bond motifs is 1. The Hall–Kier alpha value is -2.01. The van der Waals surface area contributed by atoms with E-state index in [0.29, 0.717) is 18.5 Å². The minimum absolute atomic E-state index is 0.172. The summed E-state index contributed by atoms with van der Waals surface area (Å²) in [6, 6.07) is 11.3. The number of aryl methyl sites for hydroxylation is 1. The van der Waals surface area contributed by atoms with Gasteiger partial charge in [0.15, 0.2) is 11.2 Å². The molecule has 2 aromatic rings. The lowest BCUT2D eigenvalue weighted by Crippen LogP contribution is -2.43. The second kappa shape index (κ2) is 7.48. The van der Waals surface area contributed by atoms with E-state index in [1.165, 1.54) is 7.11 Å². The number of ether oxygens (including phenoxy) is 1. The van der Waals surface area contributed by atoms with Gasteiger partial charge in [-0.3, -0.25) is 9.59 Å². The number of unbranched alkanes of at least 4 members (excludes halogenated alkanes) is 1. The Kier molecular flexibility index (Phi) is 5.33. The number of Topliss-reactive ketones (excluding diaryl/α,β-unsaturated/α-hetero) is 1. The number of ketones is 1. The van der Waals surface area contributed by atoms with Crippen LogP contribution in [0.4, 0.5) is 0 Å². The summed E-state index contributed by atoms with van der Waals surface area (Å²) in [6.07, 6.45) is 4.64. The number of methoxy groups -OCH3 is 1. The molecular formula is C20H23NO3S. The normalized spacial score (nSPS) is 18.8. The zero-order valence-electron chi connectivity index (χ0n) is 14.7. The first-order valence-corrected chi connectivity index (χ1v) is 9.63. The number of carbonyl (C=O) groups excluding carboxylic acids is 2. The predicted molar refractivity (Wildman–Crippen MR) is 99.1 cm³/mol. The summed E-state index contributed by atoms with van der Waals surface area (Å²) in [5, 5.41) is 0. The van der Waals surface area contributed by atoms with Gasteiger partial charge >= 0.3 is 5.97 Å². The smallest absolute Gasteiger partial charge is 0.325 e. The van der Waals surface area contributed by atoms with Crippen LogP contribution in [0.2, 0.25) is 0 Å². The molecule has 1 aliphatic heterocycles. The Morgan fingerprint density at radius 3 is 2.88 bits per heavy atom. The third kappa shape index (κ3) is 3.13. The Morgan fingerprint density at radius 1 is 1.28 bits per heavy atom. The molecule has 1 aromatic heterocycles. The van der Waals surface area contributed by atoms with Gasteiger partial charge < -0.3 is 9.30 Å². The standard InChI is InChI=1S/C20H23NO3S/c1-3-4-13-25-16-8-5-7-15(14-16)18(22)20(19(23)24-2)10-12-21-11-6-9-17(20)21/h5-9,11,14H,3-4,10,12-13H2,1-2H3. The molecule has 4 nitrogen and oxygen atoms in total. The summed E-state index contributed by atoms with van der Waals surface area (Å²) in [4.78, 5) is 27.1. The van der Waals surface area contributed by atoms with Crippen molar-refractivity contribution in [3.8, 4) is 0 Å². The second-order valence-electron chi connectivity index (χ2n) is 6.29. The highest BCUT2D eigenvalue weighted by molar-refractivity contribution is 7.99. The van der Waals surface area contributed by atoms with Gasteiger partial charge in [-0.05, 0) is 42.9 Å². The molecule has 0 saturated carbocycles. The second-order valence-corrected chi connectivity index (χ2v) is 7.46. The van der Waals surface area contributed by atoms with Gasteiger partial charge in [-0.15, -0.1) is 11.8 Å². The number of esters is 1. The predicted octanol–water partition coefficient (Wildman–Crippen LogP) is 4.08. The first-order valence-electron chi connectivity index (χ1n) is 8.65. The van der Waals surface area contributed by atoms with Gasteiger partial charge in [0.25, 0.3) is 0 Å². The third-order valence-electron chi connectivity index (χ3n) is 4.78. The van der Waals surface area contributed by atoms with E-state index < -0.39 is 11.4 Å². The molecule has 132 valence electrons. The number of nitrogens with zero attached hydrogens (tertiary/aromatic N) is 1. The van der Waals surface area contributed by atoms with E-state index in [9.17, 15) is 9.59 Å². The fraction of sp³-hybridized carbons (Fsp3) is 0.400. The van der Waals surface area contributed by atoms with Crippen LogP contribution in [0.25, 0.3) is 0 Å². The number of benzene rings is 1. The maximum atomic E-state index is 13.4. The maximum absolute atomic E-state index is 13.4. The highest BCUT2D eigenvalue weighted by Gasteiger charge is 2.53. The molecule has 0 amide bonds. The average Bonchev–Trinajstić information content (AvgIpc) is 3.24. The molecule has 0 saturated heterocycles. The van der Waals surface area contributed by atoms with Crippen LogP contribution in [0.15, 0.2) is 47.5 Å². The van der Waals surface area contributed by atoms with E-state index in [0.717, 1.165) is 29.2 Å². The van der Waals surface area contributed by atoms with Gasteiger partial charge in [0, 0.05) is 28.9 Å². The number of hydrogen-bond acceptors (Lipinski definition) is 4. The summed E-state index contributed by atoms with van der Waals surface area (Å²) >= 11 is 1.75. The van der Waals surface area contributed by atoms with Crippen molar-refractivity contribution < 1.29 is 14.3 Å². The van der Waals surface area contributed by atoms with E-state index >= 15 is 0 Å². The van der Waals surface area contributed by atoms with Gasteiger partial charge in [0.1, 0.15) is 0 Å². The summed E-state index contributed by atoms with van der Waals surface area (Å²) in [7, 11) is 1.35. The van der Waals surface area contributed by atoms with Crippen LogP contribution in [-0.4, -0.2) is 29.2 Å². The molecular weight excluding hydrogens is 334 g/mol. The highest BCUT2D eigenvalue weighted by Crippen LogP contribution is 2.40. The summed E-state index contributed by atoms with van der Waals surface area (Å²) in [6.45, 7) is 2.81. The lowest BCUT2D eigenvalue weighted by molar-refractivity contribution is -0.145. The van der Waals surface area contributed by atoms with Crippen molar-refractivity contribution in [2.24, 2.45) is 0 Å². The molecule has 1 unspecified atom stereocenters. The molecule has 3 rings (SSSR count). The molecule has 1 aliphatic rings. The van der Waals surface area contributed by atoms with Crippen molar-refractivity contribution in [2.75, 3.05) is 12.9 Å². The largest absolute Gasteiger partial charge is 0.468 e. The molecule has 25 heavy (non-hydrogen) atoms. The average molecular weight is 357 g/mol. The zero-order valence-corrected chi connectivity index (χ0v) is 15.5. The molecule has 1 atom stereocenters. The first-order chi connectivity index (χ1) is 12.1. The minimum atomic E-state index is -1.23. The number of rotatable bonds is 7. The van der Waals surface area contributed by atoms with Crippen LogP contribution in [-0.2, 0) is 21.5 Å². The number of aromatic nitrogens is 1. The molecule has 0 spiro atoms. The van der Waals surface area contributed by atoms with Crippen molar-refractivity contribution in [1.82, 2.24) is 4.57 Å². The third-order valence-corrected chi connectivity index (χ3v) is 5.86. The number of thioether (sulfide) groups is 1. The molecule has 0 N–H and O–H groups in total. The quantitative estimate of drug-likeness (QED) is 0.246. The van der Waals surface area contributed by atoms with E-state index in [2.05, 4.69) is 6.92 Å². The number of carbonyl (C=O) groups is 2. The summed E-state index contributed by atoms with van der Waals surface area (Å²) in [5.41, 5.74) is 0.0697. The van der Waals surface area contributed by atoms with Crippen LogP contribution in [0.5, 0.6) is 0 Å². The van der Waals surface area contributed by atoms with Gasteiger partial charge in [-0.2, -0.15) is 0 Å². The van der Waals surface area contributed by atoms with Crippen molar-refractivity contribution in [2.45, 2.75) is 43.0 Å². The van der Waals surface area contributed by atoms with E-state index in [-0.39, 0.29) is 5.78 Å². The van der Waals surface area contributed by atoms with Crippen LogP contribution in [0, 0.1) is 0 Å². The topological polar surface area (TPSA) is 48.3 Å². The molecule has 0 radical (unpaired) electrons. The SMILES string of the molecule is CCCCSc1cccc(C(=O)C2(C(=O)OC)CCn3cccc32)c1. The van der Waals surface area contributed by atoms with Crippen molar-refractivity contribution in [1.29, 1.82) is 0 Å².